The molecule has 1 N–H and O–H groups in total. The average molecular weight is 289 g/mol. The van der Waals surface area contributed by atoms with Gasteiger partial charge in [-0.1, -0.05) is 6.42 Å². The summed E-state index contributed by atoms with van der Waals surface area (Å²) in [5.74, 6) is 2.97. The van der Waals surface area contributed by atoms with Gasteiger partial charge in [-0.2, -0.15) is 0 Å². The molecule has 2 saturated carbocycles. The fraction of sp³-hybridized carbons (Fsp3) is 0.588. The summed E-state index contributed by atoms with van der Waals surface area (Å²) in [7, 11) is 1.63. The van der Waals surface area contributed by atoms with Gasteiger partial charge in [0.15, 0.2) is 6.10 Å². The van der Waals surface area contributed by atoms with E-state index in [1.165, 1.54) is 19.3 Å². The van der Waals surface area contributed by atoms with Gasteiger partial charge < -0.3 is 14.8 Å². The summed E-state index contributed by atoms with van der Waals surface area (Å²) in [4.78, 5) is 12.2. The second-order valence-electron chi connectivity index (χ2n) is 6.23. The zero-order valence-electron chi connectivity index (χ0n) is 12.7. The number of fused-ring (bicyclic) bond motifs is 2. The van der Waals surface area contributed by atoms with Crippen LogP contribution in [0.15, 0.2) is 24.3 Å². The van der Waals surface area contributed by atoms with Crippen LogP contribution in [0.2, 0.25) is 0 Å². The van der Waals surface area contributed by atoms with Gasteiger partial charge in [-0.15, -0.1) is 0 Å². The van der Waals surface area contributed by atoms with E-state index in [0.29, 0.717) is 17.7 Å². The van der Waals surface area contributed by atoms with E-state index < -0.39 is 6.10 Å². The topological polar surface area (TPSA) is 47.6 Å². The summed E-state index contributed by atoms with van der Waals surface area (Å²) >= 11 is 0. The second kappa shape index (κ2) is 5.96. The molecule has 1 aromatic carbocycles. The van der Waals surface area contributed by atoms with Crippen LogP contribution >= 0.6 is 0 Å². The van der Waals surface area contributed by atoms with E-state index in [9.17, 15) is 4.79 Å². The van der Waals surface area contributed by atoms with Gasteiger partial charge in [0.25, 0.3) is 5.91 Å². The van der Waals surface area contributed by atoms with Crippen molar-refractivity contribution >= 4 is 5.91 Å². The second-order valence-corrected chi connectivity index (χ2v) is 6.23. The lowest BCUT2D eigenvalue weighted by molar-refractivity contribution is -0.128. The third-order valence-corrected chi connectivity index (χ3v) is 4.81. The van der Waals surface area contributed by atoms with E-state index in [1.807, 2.05) is 24.3 Å². The summed E-state index contributed by atoms with van der Waals surface area (Å²) in [6.07, 6.45) is 4.57. The molecule has 2 fully saturated rings. The minimum Gasteiger partial charge on any atom is -0.497 e. The number of carbonyl (C=O) groups excluding carboxylic acids is 1. The van der Waals surface area contributed by atoms with Crippen LogP contribution in [0.1, 0.15) is 32.6 Å². The van der Waals surface area contributed by atoms with E-state index in [4.69, 9.17) is 9.47 Å². The van der Waals surface area contributed by atoms with Crippen molar-refractivity contribution in [2.75, 3.05) is 7.11 Å². The predicted molar refractivity (Wildman–Crippen MR) is 80.5 cm³/mol. The molecule has 0 spiro atoms. The Labute approximate surface area is 125 Å². The Balaban J connectivity index is 1.52. The molecule has 4 atom stereocenters. The lowest BCUT2D eigenvalue weighted by Crippen LogP contribution is -2.44. The molecular formula is C17H23NO3. The molecule has 2 bridgehead atoms. The maximum absolute atomic E-state index is 12.2. The van der Waals surface area contributed by atoms with E-state index >= 15 is 0 Å². The first-order valence-electron chi connectivity index (χ1n) is 7.77. The first-order chi connectivity index (χ1) is 10.2. The zero-order chi connectivity index (χ0) is 14.8. The highest BCUT2D eigenvalue weighted by Gasteiger charge is 2.40. The molecule has 0 saturated heterocycles. The van der Waals surface area contributed by atoms with Gasteiger partial charge in [0, 0.05) is 6.04 Å². The number of methoxy groups -OCH3 is 1. The van der Waals surface area contributed by atoms with Crippen molar-refractivity contribution in [2.45, 2.75) is 44.8 Å². The molecule has 0 aliphatic heterocycles. The predicted octanol–water partition coefficient (Wildman–Crippen LogP) is 2.77. The SMILES string of the molecule is COc1ccc(O[C@H](C)C(=O)N[C@H]2C[C@H]3CC[C@H]2C3)cc1. The minimum atomic E-state index is -0.475. The Morgan fingerprint density at radius 3 is 2.48 bits per heavy atom. The van der Waals surface area contributed by atoms with Gasteiger partial charge in [0.2, 0.25) is 0 Å². The van der Waals surface area contributed by atoms with Crippen LogP contribution in [0, 0.1) is 11.8 Å². The molecule has 1 aromatic rings. The largest absolute Gasteiger partial charge is 0.497 e. The normalized spacial score (nSPS) is 28.2. The number of hydrogen-bond donors (Lipinski definition) is 1. The number of hydrogen-bond acceptors (Lipinski definition) is 3. The molecule has 21 heavy (non-hydrogen) atoms. The summed E-state index contributed by atoms with van der Waals surface area (Å²) in [6, 6.07) is 7.66. The smallest absolute Gasteiger partial charge is 0.261 e. The first kappa shape index (κ1) is 14.2. The fourth-order valence-electron chi connectivity index (χ4n) is 3.63. The van der Waals surface area contributed by atoms with E-state index in [0.717, 1.165) is 18.1 Å². The monoisotopic (exact) mass is 289 g/mol. The molecule has 0 heterocycles. The van der Waals surface area contributed by atoms with Gasteiger partial charge in [0.05, 0.1) is 7.11 Å². The summed E-state index contributed by atoms with van der Waals surface area (Å²) < 4.78 is 10.8. The number of nitrogens with one attached hydrogen (secondary N) is 1. The van der Waals surface area contributed by atoms with Crippen LogP contribution < -0.4 is 14.8 Å². The quantitative estimate of drug-likeness (QED) is 0.906. The van der Waals surface area contributed by atoms with Gasteiger partial charge in [-0.25, -0.2) is 0 Å². The Bertz CT molecular complexity index is 499. The maximum Gasteiger partial charge on any atom is 0.261 e. The third-order valence-electron chi connectivity index (χ3n) is 4.81. The van der Waals surface area contributed by atoms with Crippen LogP contribution in [0.25, 0.3) is 0 Å². The van der Waals surface area contributed by atoms with E-state index in [2.05, 4.69) is 5.32 Å². The molecule has 0 radical (unpaired) electrons. The molecule has 0 unspecified atom stereocenters. The lowest BCUT2D eigenvalue weighted by Gasteiger charge is -2.24. The Hall–Kier alpha value is -1.71. The van der Waals surface area contributed by atoms with Crippen molar-refractivity contribution in [3.05, 3.63) is 24.3 Å². The first-order valence-corrected chi connectivity index (χ1v) is 7.77. The minimum absolute atomic E-state index is 0.0108. The lowest BCUT2D eigenvalue weighted by atomic mass is 9.95. The highest BCUT2D eigenvalue weighted by molar-refractivity contribution is 5.81. The van der Waals surface area contributed by atoms with Crippen molar-refractivity contribution in [2.24, 2.45) is 11.8 Å². The van der Waals surface area contributed by atoms with Gasteiger partial charge in [-0.05, 0) is 62.3 Å². The fourth-order valence-corrected chi connectivity index (χ4v) is 3.63. The molecule has 1 amide bonds. The van der Waals surface area contributed by atoms with Crippen molar-refractivity contribution in [3.63, 3.8) is 0 Å². The number of rotatable bonds is 5. The highest BCUT2D eigenvalue weighted by atomic mass is 16.5. The molecular weight excluding hydrogens is 266 g/mol. The van der Waals surface area contributed by atoms with Crippen LogP contribution in [0.5, 0.6) is 11.5 Å². The summed E-state index contributed by atoms with van der Waals surface area (Å²) in [5, 5.41) is 3.16. The summed E-state index contributed by atoms with van der Waals surface area (Å²) in [6.45, 7) is 1.80. The Morgan fingerprint density at radius 1 is 1.19 bits per heavy atom. The zero-order valence-corrected chi connectivity index (χ0v) is 12.7. The Kier molecular flexibility index (Phi) is 4.04. The van der Waals surface area contributed by atoms with Crippen molar-refractivity contribution in [1.82, 2.24) is 5.32 Å². The molecule has 2 aliphatic carbocycles. The van der Waals surface area contributed by atoms with Crippen molar-refractivity contribution < 1.29 is 14.3 Å². The molecule has 2 aliphatic rings. The van der Waals surface area contributed by atoms with Gasteiger partial charge in [-0.3, -0.25) is 4.79 Å². The van der Waals surface area contributed by atoms with Crippen LogP contribution in [-0.4, -0.2) is 25.2 Å². The number of benzene rings is 1. The van der Waals surface area contributed by atoms with Crippen molar-refractivity contribution in [1.29, 1.82) is 0 Å². The molecule has 3 rings (SSSR count). The molecule has 4 heteroatoms. The van der Waals surface area contributed by atoms with Crippen molar-refractivity contribution in [3.8, 4) is 11.5 Å². The maximum atomic E-state index is 12.2. The summed E-state index contributed by atoms with van der Waals surface area (Å²) in [5.41, 5.74) is 0. The Morgan fingerprint density at radius 2 is 1.90 bits per heavy atom. The average Bonchev–Trinajstić information content (AvgIpc) is 3.10. The number of ether oxygens (including phenoxy) is 2. The number of amides is 1. The molecule has 4 nitrogen and oxygen atoms in total. The van der Waals surface area contributed by atoms with Crippen LogP contribution in [0.4, 0.5) is 0 Å². The number of carbonyl (C=O) groups is 1. The standard InChI is InChI=1S/C17H23NO3/c1-11(21-15-7-5-14(20-2)6-8-15)17(19)18-16-10-12-3-4-13(16)9-12/h5-8,11-13,16H,3-4,9-10H2,1-2H3,(H,18,19)/t11-,12+,13+,16+/m1/s1. The van der Waals surface area contributed by atoms with Gasteiger partial charge >= 0.3 is 0 Å². The van der Waals surface area contributed by atoms with Crippen LogP contribution in [-0.2, 0) is 4.79 Å². The van der Waals surface area contributed by atoms with E-state index in [1.54, 1.807) is 14.0 Å². The van der Waals surface area contributed by atoms with E-state index in [-0.39, 0.29) is 5.91 Å². The molecule has 114 valence electrons. The third kappa shape index (κ3) is 3.14. The van der Waals surface area contributed by atoms with Crippen LogP contribution in [0.3, 0.4) is 0 Å². The highest BCUT2D eigenvalue weighted by Crippen LogP contribution is 2.44. The molecule has 0 aromatic heterocycles. The van der Waals surface area contributed by atoms with Gasteiger partial charge in [0.1, 0.15) is 11.5 Å².